The van der Waals surface area contributed by atoms with Gasteiger partial charge in [0.2, 0.25) is 11.8 Å². The highest BCUT2D eigenvalue weighted by Gasteiger charge is 2.42. The zero-order valence-corrected chi connectivity index (χ0v) is 12.7. The van der Waals surface area contributed by atoms with Crippen molar-refractivity contribution >= 4 is 23.6 Å². The number of nitrogens with two attached hydrogens (primary N) is 1. The van der Waals surface area contributed by atoms with Crippen LogP contribution >= 0.6 is 0 Å². The van der Waals surface area contributed by atoms with Crippen LogP contribution in [-0.4, -0.2) is 47.3 Å². The number of carbonyl (C=O) groups excluding carboxylic acids is 2. The van der Waals surface area contributed by atoms with Crippen molar-refractivity contribution in [2.24, 2.45) is 0 Å². The van der Waals surface area contributed by atoms with E-state index in [9.17, 15) is 9.59 Å². The van der Waals surface area contributed by atoms with Gasteiger partial charge >= 0.3 is 0 Å². The van der Waals surface area contributed by atoms with Crippen molar-refractivity contribution in [3.8, 4) is 0 Å². The van der Waals surface area contributed by atoms with Crippen molar-refractivity contribution in [3.63, 3.8) is 0 Å². The van der Waals surface area contributed by atoms with Crippen LogP contribution in [0.15, 0.2) is 30.3 Å². The first-order valence-corrected chi connectivity index (χ1v) is 6.93. The standard InChI is InChI=1S/C16H21N3O2/c1-16(2)15(21)18(3)9-10-19(16)14(20)8-7-12-5-4-6-13(17)11-12/h4-8,11H,9-10,17H2,1-3H3/b8-7+. The molecule has 1 saturated heterocycles. The summed E-state index contributed by atoms with van der Waals surface area (Å²) < 4.78 is 0. The van der Waals surface area contributed by atoms with Gasteiger partial charge < -0.3 is 15.5 Å². The predicted molar refractivity (Wildman–Crippen MR) is 83.3 cm³/mol. The molecule has 1 aliphatic rings. The number of anilines is 1. The van der Waals surface area contributed by atoms with Gasteiger partial charge in [0, 0.05) is 31.9 Å². The highest BCUT2D eigenvalue weighted by atomic mass is 16.2. The highest BCUT2D eigenvalue weighted by Crippen LogP contribution is 2.22. The van der Waals surface area contributed by atoms with Gasteiger partial charge in [-0.1, -0.05) is 12.1 Å². The number of hydrogen-bond donors (Lipinski definition) is 1. The van der Waals surface area contributed by atoms with Gasteiger partial charge in [-0.15, -0.1) is 0 Å². The molecule has 0 aliphatic carbocycles. The molecule has 0 spiro atoms. The molecule has 2 N–H and O–H groups in total. The van der Waals surface area contributed by atoms with E-state index in [1.165, 1.54) is 6.08 Å². The van der Waals surface area contributed by atoms with Crippen LogP contribution in [0.25, 0.3) is 6.08 Å². The zero-order chi connectivity index (χ0) is 15.6. The van der Waals surface area contributed by atoms with Gasteiger partial charge in [0.05, 0.1) is 0 Å². The molecule has 2 amide bonds. The molecule has 0 atom stereocenters. The van der Waals surface area contributed by atoms with Gasteiger partial charge in [-0.25, -0.2) is 0 Å². The Bertz CT molecular complexity index is 593. The summed E-state index contributed by atoms with van der Waals surface area (Å²) >= 11 is 0. The third-order valence-corrected chi connectivity index (χ3v) is 3.80. The molecule has 5 nitrogen and oxygen atoms in total. The average molecular weight is 287 g/mol. The second kappa shape index (κ2) is 5.60. The van der Waals surface area contributed by atoms with Crippen molar-refractivity contribution in [3.05, 3.63) is 35.9 Å². The average Bonchev–Trinajstić information content (AvgIpc) is 2.42. The lowest BCUT2D eigenvalue weighted by Crippen LogP contribution is -2.63. The maximum atomic E-state index is 12.4. The summed E-state index contributed by atoms with van der Waals surface area (Å²) in [5.41, 5.74) is 6.40. The number of amides is 2. The highest BCUT2D eigenvalue weighted by molar-refractivity contribution is 5.98. The molecule has 1 aliphatic heterocycles. The number of carbonyl (C=O) groups is 2. The fourth-order valence-electron chi connectivity index (χ4n) is 2.52. The molecule has 1 fully saturated rings. The van der Waals surface area contributed by atoms with Crippen LogP contribution in [-0.2, 0) is 9.59 Å². The van der Waals surface area contributed by atoms with E-state index in [1.54, 1.807) is 48.9 Å². The quantitative estimate of drug-likeness (QED) is 0.660. The maximum Gasteiger partial charge on any atom is 0.247 e. The summed E-state index contributed by atoms with van der Waals surface area (Å²) in [6, 6.07) is 7.30. The SMILES string of the molecule is CN1CCN(C(=O)/C=C/c2cccc(N)c2)C(C)(C)C1=O. The first kappa shape index (κ1) is 15.1. The summed E-state index contributed by atoms with van der Waals surface area (Å²) in [5, 5.41) is 0. The molecule has 0 saturated carbocycles. The number of benzene rings is 1. The van der Waals surface area contributed by atoms with Gasteiger partial charge in [-0.3, -0.25) is 9.59 Å². The fraction of sp³-hybridized carbons (Fsp3) is 0.375. The Labute approximate surface area is 125 Å². The predicted octanol–water partition coefficient (Wildman–Crippen LogP) is 1.36. The Morgan fingerprint density at radius 1 is 1.33 bits per heavy atom. The van der Waals surface area contributed by atoms with E-state index in [0.29, 0.717) is 18.8 Å². The molecule has 5 heteroatoms. The van der Waals surface area contributed by atoms with Crippen LogP contribution < -0.4 is 5.73 Å². The van der Waals surface area contributed by atoms with E-state index in [0.717, 1.165) is 5.56 Å². The molecule has 1 aromatic rings. The summed E-state index contributed by atoms with van der Waals surface area (Å²) in [6.07, 6.45) is 3.21. The Hall–Kier alpha value is -2.30. The molecule has 0 radical (unpaired) electrons. The van der Waals surface area contributed by atoms with E-state index >= 15 is 0 Å². The number of likely N-dealkylation sites (N-methyl/N-ethyl adjacent to an activating group) is 1. The summed E-state index contributed by atoms with van der Waals surface area (Å²) in [4.78, 5) is 27.8. The third kappa shape index (κ3) is 3.07. The number of nitrogens with zero attached hydrogens (tertiary/aromatic N) is 2. The van der Waals surface area contributed by atoms with Crippen LogP contribution in [0.3, 0.4) is 0 Å². The van der Waals surface area contributed by atoms with Crippen LogP contribution in [0.5, 0.6) is 0 Å². The third-order valence-electron chi connectivity index (χ3n) is 3.80. The molecule has 1 heterocycles. The summed E-state index contributed by atoms with van der Waals surface area (Å²) in [6.45, 7) is 4.64. The topological polar surface area (TPSA) is 66.6 Å². The molecule has 2 rings (SSSR count). The summed E-state index contributed by atoms with van der Waals surface area (Å²) in [7, 11) is 1.76. The Morgan fingerprint density at radius 2 is 2.05 bits per heavy atom. The molecular formula is C16H21N3O2. The van der Waals surface area contributed by atoms with Crippen molar-refractivity contribution in [1.29, 1.82) is 0 Å². The van der Waals surface area contributed by atoms with E-state index in [4.69, 9.17) is 5.73 Å². The fourth-order valence-corrected chi connectivity index (χ4v) is 2.52. The van der Waals surface area contributed by atoms with E-state index in [1.807, 2.05) is 12.1 Å². The van der Waals surface area contributed by atoms with Crippen LogP contribution in [0.2, 0.25) is 0 Å². The van der Waals surface area contributed by atoms with Gasteiger partial charge in [0.25, 0.3) is 0 Å². The molecule has 0 unspecified atom stereocenters. The van der Waals surface area contributed by atoms with E-state index < -0.39 is 5.54 Å². The Morgan fingerprint density at radius 3 is 2.71 bits per heavy atom. The van der Waals surface area contributed by atoms with Crippen molar-refractivity contribution < 1.29 is 9.59 Å². The lowest BCUT2D eigenvalue weighted by atomic mass is 9.97. The normalized spacial score (nSPS) is 18.3. The maximum absolute atomic E-state index is 12.4. The van der Waals surface area contributed by atoms with Gasteiger partial charge in [-0.05, 0) is 37.6 Å². The monoisotopic (exact) mass is 287 g/mol. The second-order valence-corrected chi connectivity index (χ2v) is 5.78. The van der Waals surface area contributed by atoms with E-state index in [-0.39, 0.29) is 11.8 Å². The number of rotatable bonds is 2. The Kier molecular flexibility index (Phi) is 4.02. The second-order valence-electron chi connectivity index (χ2n) is 5.78. The minimum atomic E-state index is -0.815. The van der Waals surface area contributed by atoms with Crippen molar-refractivity contribution in [2.45, 2.75) is 19.4 Å². The molecule has 0 bridgehead atoms. The molecule has 1 aromatic carbocycles. The lowest BCUT2D eigenvalue weighted by Gasteiger charge is -2.44. The first-order valence-electron chi connectivity index (χ1n) is 6.93. The van der Waals surface area contributed by atoms with Crippen LogP contribution in [0, 0.1) is 0 Å². The molecular weight excluding hydrogens is 266 g/mol. The Balaban J connectivity index is 2.15. The molecule has 21 heavy (non-hydrogen) atoms. The largest absolute Gasteiger partial charge is 0.399 e. The number of piperazine rings is 1. The van der Waals surface area contributed by atoms with Crippen LogP contribution in [0.1, 0.15) is 19.4 Å². The first-order chi connectivity index (χ1) is 9.82. The minimum absolute atomic E-state index is 0.0422. The number of nitrogen functional groups attached to an aromatic ring is 1. The minimum Gasteiger partial charge on any atom is -0.399 e. The van der Waals surface area contributed by atoms with Crippen molar-refractivity contribution in [2.75, 3.05) is 25.9 Å². The van der Waals surface area contributed by atoms with Crippen LogP contribution in [0.4, 0.5) is 5.69 Å². The van der Waals surface area contributed by atoms with Crippen molar-refractivity contribution in [1.82, 2.24) is 9.80 Å². The lowest BCUT2D eigenvalue weighted by molar-refractivity contribution is -0.154. The van der Waals surface area contributed by atoms with E-state index in [2.05, 4.69) is 0 Å². The van der Waals surface area contributed by atoms with Gasteiger partial charge in [0.1, 0.15) is 5.54 Å². The summed E-state index contributed by atoms with van der Waals surface area (Å²) in [5.74, 6) is -0.205. The van der Waals surface area contributed by atoms with Gasteiger partial charge in [0.15, 0.2) is 0 Å². The number of hydrogen-bond acceptors (Lipinski definition) is 3. The molecule has 0 aromatic heterocycles. The smallest absolute Gasteiger partial charge is 0.247 e. The van der Waals surface area contributed by atoms with Gasteiger partial charge in [-0.2, -0.15) is 0 Å². The zero-order valence-electron chi connectivity index (χ0n) is 12.7. The molecule has 112 valence electrons.